The summed E-state index contributed by atoms with van der Waals surface area (Å²) in [4.78, 5) is 11.3. The highest BCUT2D eigenvalue weighted by Gasteiger charge is 2.00. The monoisotopic (exact) mass is 175 g/mol. The van der Waals surface area contributed by atoms with Crippen molar-refractivity contribution in [1.29, 1.82) is 0 Å². The van der Waals surface area contributed by atoms with Crippen LogP contribution in [0.1, 0.15) is 17.3 Å². The fraction of sp³-hybridized carbons (Fsp3) is 0.182. The second-order valence-corrected chi connectivity index (χ2v) is 2.53. The zero-order valence-corrected chi connectivity index (χ0v) is 7.70. The molecule has 13 heavy (non-hydrogen) atoms. The molecule has 1 aromatic rings. The van der Waals surface area contributed by atoms with Crippen LogP contribution in [0.3, 0.4) is 0 Å². The van der Waals surface area contributed by atoms with Crippen LogP contribution in [-0.2, 0) is 0 Å². The molecular weight excluding hydrogens is 164 g/mol. The Bertz CT molecular complexity index is 309. The molecule has 2 heteroatoms. The first-order valence-electron chi connectivity index (χ1n) is 3.97. The zero-order valence-electron chi connectivity index (χ0n) is 7.70. The van der Waals surface area contributed by atoms with Crippen molar-refractivity contribution < 1.29 is 9.53 Å². The van der Waals surface area contributed by atoms with Gasteiger partial charge in [0.25, 0.3) is 0 Å². The predicted octanol–water partition coefficient (Wildman–Crippen LogP) is 2.26. The summed E-state index contributed by atoms with van der Waals surface area (Å²) in [5.41, 5.74) is 0.648. The summed E-state index contributed by atoms with van der Waals surface area (Å²) < 4.78 is 4.97. The molecule has 1 aromatic carbocycles. The SMILES string of the molecule is C/[C]=C\C(=O)c1ccc(OC)cc1. The van der Waals surface area contributed by atoms with Crippen molar-refractivity contribution in [3.63, 3.8) is 0 Å². The largest absolute Gasteiger partial charge is 0.497 e. The number of methoxy groups -OCH3 is 1. The minimum Gasteiger partial charge on any atom is -0.497 e. The van der Waals surface area contributed by atoms with E-state index >= 15 is 0 Å². The number of hydrogen-bond acceptors (Lipinski definition) is 2. The highest BCUT2D eigenvalue weighted by molar-refractivity contribution is 6.04. The van der Waals surface area contributed by atoms with Gasteiger partial charge in [-0.3, -0.25) is 4.79 Å². The van der Waals surface area contributed by atoms with Crippen molar-refractivity contribution in [1.82, 2.24) is 0 Å². The van der Waals surface area contributed by atoms with Crippen molar-refractivity contribution in [3.05, 3.63) is 42.0 Å². The first kappa shape index (κ1) is 9.52. The van der Waals surface area contributed by atoms with Crippen LogP contribution in [0.5, 0.6) is 5.75 Å². The summed E-state index contributed by atoms with van der Waals surface area (Å²) in [5.74, 6) is 0.714. The molecule has 0 heterocycles. The van der Waals surface area contributed by atoms with E-state index in [9.17, 15) is 4.79 Å². The molecule has 67 valence electrons. The van der Waals surface area contributed by atoms with Crippen LogP contribution in [0, 0.1) is 6.08 Å². The van der Waals surface area contributed by atoms with Gasteiger partial charge in [-0.2, -0.15) is 0 Å². The van der Waals surface area contributed by atoms with Gasteiger partial charge >= 0.3 is 0 Å². The lowest BCUT2D eigenvalue weighted by molar-refractivity contribution is 0.104. The van der Waals surface area contributed by atoms with E-state index in [-0.39, 0.29) is 5.78 Å². The maximum Gasteiger partial charge on any atom is 0.186 e. The summed E-state index contributed by atoms with van der Waals surface area (Å²) in [6.45, 7) is 1.70. The summed E-state index contributed by atoms with van der Waals surface area (Å²) >= 11 is 0. The molecule has 0 aliphatic rings. The molecule has 0 aliphatic carbocycles. The second kappa shape index (κ2) is 4.45. The third-order valence-electron chi connectivity index (χ3n) is 1.65. The van der Waals surface area contributed by atoms with Gasteiger partial charge < -0.3 is 4.74 Å². The Balaban J connectivity index is 2.85. The van der Waals surface area contributed by atoms with E-state index in [0.29, 0.717) is 5.56 Å². The zero-order chi connectivity index (χ0) is 9.68. The maximum atomic E-state index is 11.3. The Kier molecular flexibility index (Phi) is 3.26. The average Bonchev–Trinajstić information content (AvgIpc) is 2.18. The Hall–Kier alpha value is -1.57. The smallest absolute Gasteiger partial charge is 0.186 e. The summed E-state index contributed by atoms with van der Waals surface area (Å²) in [6, 6.07) is 6.98. The van der Waals surface area contributed by atoms with E-state index in [1.165, 1.54) is 6.08 Å². The Morgan fingerprint density at radius 1 is 1.38 bits per heavy atom. The quantitative estimate of drug-likeness (QED) is 0.520. The van der Waals surface area contributed by atoms with E-state index in [2.05, 4.69) is 6.08 Å². The van der Waals surface area contributed by atoms with Gasteiger partial charge in [0.05, 0.1) is 7.11 Å². The highest BCUT2D eigenvalue weighted by atomic mass is 16.5. The molecule has 0 saturated carbocycles. The van der Waals surface area contributed by atoms with E-state index in [1.807, 2.05) is 0 Å². The maximum absolute atomic E-state index is 11.3. The molecular formula is C11H11O2. The van der Waals surface area contributed by atoms with E-state index < -0.39 is 0 Å². The lowest BCUT2D eigenvalue weighted by atomic mass is 10.1. The van der Waals surface area contributed by atoms with Crippen LogP contribution >= 0.6 is 0 Å². The molecule has 1 rings (SSSR count). The number of allylic oxidation sites excluding steroid dienone is 2. The Labute approximate surface area is 77.8 Å². The number of ketones is 1. The molecule has 0 atom stereocenters. The van der Waals surface area contributed by atoms with E-state index in [0.717, 1.165) is 5.75 Å². The van der Waals surface area contributed by atoms with Crippen LogP contribution in [0.2, 0.25) is 0 Å². The van der Waals surface area contributed by atoms with Crippen LogP contribution in [0.4, 0.5) is 0 Å². The molecule has 0 fully saturated rings. The molecule has 2 nitrogen and oxygen atoms in total. The molecule has 0 aliphatic heterocycles. The number of ether oxygens (including phenoxy) is 1. The summed E-state index contributed by atoms with van der Waals surface area (Å²) in [7, 11) is 1.59. The molecule has 0 spiro atoms. The van der Waals surface area contributed by atoms with Gasteiger partial charge in [-0.25, -0.2) is 0 Å². The predicted molar refractivity (Wildman–Crippen MR) is 50.8 cm³/mol. The van der Waals surface area contributed by atoms with Gasteiger partial charge in [-0.05, 0) is 43.3 Å². The molecule has 0 unspecified atom stereocenters. The normalized spacial score (nSPS) is 10.3. The molecule has 0 N–H and O–H groups in total. The number of carbonyl (C=O) groups is 1. The molecule has 0 saturated heterocycles. The molecule has 0 aromatic heterocycles. The fourth-order valence-corrected chi connectivity index (χ4v) is 0.970. The van der Waals surface area contributed by atoms with Crippen molar-refractivity contribution in [2.24, 2.45) is 0 Å². The van der Waals surface area contributed by atoms with Crippen molar-refractivity contribution >= 4 is 5.78 Å². The third-order valence-corrected chi connectivity index (χ3v) is 1.65. The number of carbonyl (C=O) groups excluding carboxylic acids is 1. The standard InChI is InChI=1S/C11H11O2/c1-3-4-11(12)9-5-7-10(13-2)8-6-9/h4-8H,1-2H3. The minimum atomic E-state index is -0.0369. The van der Waals surface area contributed by atoms with Crippen LogP contribution in [0.25, 0.3) is 0 Å². The van der Waals surface area contributed by atoms with Crippen LogP contribution < -0.4 is 4.74 Å². The second-order valence-electron chi connectivity index (χ2n) is 2.53. The molecule has 1 radical (unpaired) electrons. The Morgan fingerprint density at radius 3 is 2.46 bits per heavy atom. The summed E-state index contributed by atoms with van der Waals surface area (Å²) in [6.07, 6.45) is 4.11. The van der Waals surface area contributed by atoms with Gasteiger partial charge in [-0.15, -0.1) is 0 Å². The number of rotatable bonds is 3. The van der Waals surface area contributed by atoms with Crippen molar-refractivity contribution in [2.75, 3.05) is 7.11 Å². The topological polar surface area (TPSA) is 26.3 Å². The Morgan fingerprint density at radius 2 is 2.00 bits per heavy atom. The van der Waals surface area contributed by atoms with E-state index in [4.69, 9.17) is 4.74 Å². The highest BCUT2D eigenvalue weighted by Crippen LogP contribution is 2.11. The summed E-state index contributed by atoms with van der Waals surface area (Å²) in [5, 5.41) is 0. The van der Waals surface area contributed by atoms with Crippen LogP contribution in [0.15, 0.2) is 30.3 Å². The number of benzene rings is 1. The molecule has 0 bridgehead atoms. The van der Waals surface area contributed by atoms with Gasteiger partial charge in [0, 0.05) is 5.56 Å². The fourth-order valence-electron chi connectivity index (χ4n) is 0.970. The van der Waals surface area contributed by atoms with Crippen molar-refractivity contribution in [3.8, 4) is 5.75 Å². The van der Waals surface area contributed by atoms with Gasteiger partial charge in [0.1, 0.15) is 5.75 Å². The average molecular weight is 175 g/mol. The van der Waals surface area contributed by atoms with Crippen LogP contribution in [-0.4, -0.2) is 12.9 Å². The van der Waals surface area contributed by atoms with Gasteiger partial charge in [-0.1, -0.05) is 0 Å². The molecule has 0 amide bonds. The minimum absolute atomic E-state index is 0.0369. The first-order chi connectivity index (χ1) is 6.27. The van der Waals surface area contributed by atoms with E-state index in [1.54, 1.807) is 38.3 Å². The van der Waals surface area contributed by atoms with Gasteiger partial charge in [0.15, 0.2) is 5.78 Å². The number of hydrogen-bond donors (Lipinski definition) is 0. The third kappa shape index (κ3) is 2.44. The lowest BCUT2D eigenvalue weighted by Crippen LogP contribution is -1.93. The lowest BCUT2D eigenvalue weighted by Gasteiger charge is -1.99. The van der Waals surface area contributed by atoms with Gasteiger partial charge in [0.2, 0.25) is 0 Å². The first-order valence-corrected chi connectivity index (χ1v) is 3.97. The van der Waals surface area contributed by atoms with Crippen molar-refractivity contribution in [2.45, 2.75) is 6.92 Å².